The van der Waals surface area contributed by atoms with E-state index in [9.17, 15) is 13.2 Å². The standard InChI is InChI=1S/C19H23F3N2S2/c1-15-8-12-25-18(26-15,13-24-11-10-23-14-24)9-2-3-16-4-6-17(7-5-16)19(20,21)22/h4-7,10-11,14-15H,2-3,8-9,12-13H2,1H3. The van der Waals surface area contributed by atoms with Crippen LogP contribution in [0.15, 0.2) is 43.0 Å². The van der Waals surface area contributed by atoms with E-state index < -0.39 is 11.7 Å². The molecule has 3 rings (SSSR count). The van der Waals surface area contributed by atoms with Crippen LogP contribution in [-0.4, -0.2) is 24.6 Å². The number of hydrogen-bond acceptors (Lipinski definition) is 3. The van der Waals surface area contributed by atoms with Crippen LogP contribution in [0.4, 0.5) is 13.2 Å². The van der Waals surface area contributed by atoms with Crippen LogP contribution in [0.1, 0.15) is 37.3 Å². The molecule has 0 N–H and O–H groups in total. The first-order valence-corrected chi connectivity index (χ1v) is 10.7. The van der Waals surface area contributed by atoms with Crippen LogP contribution in [-0.2, 0) is 19.1 Å². The van der Waals surface area contributed by atoms with E-state index in [-0.39, 0.29) is 4.08 Å². The molecule has 1 aromatic heterocycles. The third-order valence-electron chi connectivity index (χ3n) is 4.59. The molecule has 2 unspecified atom stereocenters. The Balaban J connectivity index is 1.61. The van der Waals surface area contributed by atoms with Crippen LogP contribution in [0.5, 0.6) is 0 Å². The number of imidazole rings is 1. The van der Waals surface area contributed by atoms with Crippen molar-refractivity contribution in [3.8, 4) is 0 Å². The van der Waals surface area contributed by atoms with Crippen molar-refractivity contribution in [2.45, 2.75) is 54.7 Å². The van der Waals surface area contributed by atoms with Crippen molar-refractivity contribution < 1.29 is 13.2 Å². The van der Waals surface area contributed by atoms with E-state index in [1.807, 2.05) is 36.0 Å². The van der Waals surface area contributed by atoms with Crippen LogP contribution in [0.2, 0.25) is 0 Å². The number of nitrogens with zero attached hydrogens (tertiary/aromatic N) is 2. The smallest absolute Gasteiger partial charge is 0.335 e. The summed E-state index contributed by atoms with van der Waals surface area (Å²) in [6, 6.07) is 5.58. The number of aryl methyl sites for hydroxylation is 1. The minimum atomic E-state index is -4.26. The molecule has 7 heteroatoms. The Kier molecular flexibility index (Phi) is 6.28. The molecule has 0 aliphatic carbocycles. The predicted octanol–water partition coefficient (Wildman–Crippen LogP) is 5.88. The van der Waals surface area contributed by atoms with Gasteiger partial charge in [0.2, 0.25) is 0 Å². The van der Waals surface area contributed by atoms with Gasteiger partial charge in [-0.1, -0.05) is 19.1 Å². The fraction of sp³-hybridized carbons (Fsp3) is 0.526. The second-order valence-electron chi connectivity index (χ2n) is 6.76. The van der Waals surface area contributed by atoms with E-state index in [2.05, 4.69) is 16.5 Å². The molecule has 26 heavy (non-hydrogen) atoms. The van der Waals surface area contributed by atoms with Crippen molar-refractivity contribution in [1.29, 1.82) is 0 Å². The summed E-state index contributed by atoms with van der Waals surface area (Å²) in [6.07, 6.45) is 5.42. The lowest BCUT2D eigenvalue weighted by atomic mass is 10.0. The Morgan fingerprint density at radius 2 is 2.04 bits per heavy atom. The molecule has 2 aromatic rings. The number of rotatable bonds is 6. The number of aromatic nitrogens is 2. The Hall–Kier alpha value is -1.08. The van der Waals surface area contributed by atoms with Crippen LogP contribution in [0, 0.1) is 0 Å². The Morgan fingerprint density at radius 1 is 1.27 bits per heavy atom. The molecule has 0 saturated carbocycles. The molecule has 0 radical (unpaired) electrons. The molecule has 0 bridgehead atoms. The van der Waals surface area contributed by atoms with Gasteiger partial charge in [-0.2, -0.15) is 13.2 Å². The zero-order valence-electron chi connectivity index (χ0n) is 14.7. The largest absolute Gasteiger partial charge is 0.416 e. The van der Waals surface area contributed by atoms with E-state index in [1.54, 1.807) is 18.3 Å². The van der Waals surface area contributed by atoms with Crippen LogP contribution >= 0.6 is 23.5 Å². The highest BCUT2D eigenvalue weighted by Gasteiger charge is 2.36. The second-order valence-corrected chi connectivity index (χ2v) is 10.3. The average Bonchev–Trinajstić information content (AvgIpc) is 3.07. The maximum absolute atomic E-state index is 12.7. The quantitative estimate of drug-likeness (QED) is 0.603. The molecule has 2 nitrogen and oxygen atoms in total. The molecule has 142 valence electrons. The highest BCUT2D eigenvalue weighted by atomic mass is 32.2. The topological polar surface area (TPSA) is 17.8 Å². The number of thioether (sulfide) groups is 2. The van der Waals surface area contributed by atoms with Gasteiger partial charge in [0.25, 0.3) is 0 Å². The summed E-state index contributed by atoms with van der Waals surface area (Å²) < 4.78 is 40.3. The predicted molar refractivity (Wildman–Crippen MR) is 103 cm³/mol. The average molecular weight is 401 g/mol. The molecule has 1 fully saturated rings. The SMILES string of the molecule is CC1CCSC(CCCc2ccc(C(F)(F)F)cc2)(Cn2ccnc2)S1. The molecule has 1 aliphatic rings. The molecule has 1 aromatic carbocycles. The van der Waals surface area contributed by atoms with Crippen molar-refractivity contribution in [2.75, 3.05) is 5.75 Å². The first-order chi connectivity index (χ1) is 12.4. The fourth-order valence-electron chi connectivity index (χ4n) is 3.24. The first kappa shape index (κ1) is 19.7. The number of alkyl halides is 3. The van der Waals surface area contributed by atoms with Crippen molar-refractivity contribution in [1.82, 2.24) is 9.55 Å². The lowest BCUT2D eigenvalue weighted by Gasteiger charge is -2.39. The van der Waals surface area contributed by atoms with Gasteiger partial charge in [0.15, 0.2) is 0 Å². The maximum atomic E-state index is 12.7. The minimum absolute atomic E-state index is 0.115. The first-order valence-electron chi connectivity index (χ1n) is 8.80. The van der Waals surface area contributed by atoms with E-state index in [4.69, 9.17) is 0 Å². The summed E-state index contributed by atoms with van der Waals surface area (Å²) in [5, 5.41) is 0.630. The van der Waals surface area contributed by atoms with Gasteiger partial charge in [-0.05, 0) is 49.1 Å². The highest BCUT2D eigenvalue weighted by Crippen LogP contribution is 2.49. The number of halogens is 3. The zero-order valence-corrected chi connectivity index (χ0v) is 16.3. The Labute approximate surface area is 161 Å². The van der Waals surface area contributed by atoms with E-state index in [0.29, 0.717) is 5.25 Å². The van der Waals surface area contributed by atoms with E-state index in [0.717, 1.165) is 37.1 Å². The summed E-state index contributed by atoms with van der Waals surface area (Å²) in [5.41, 5.74) is 0.389. The number of hydrogen-bond donors (Lipinski definition) is 0. The van der Waals surface area contributed by atoms with Gasteiger partial charge in [-0.3, -0.25) is 0 Å². The van der Waals surface area contributed by atoms with Gasteiger partial charge >= 0.3 is 6.18 Å². The van der Waals surface area contributed by atoms with Gasteiger partial charge in [0.1, 0.15) is 0 Å². The minimum Gasteiger partial charge on any atom is -0.335 e. The van der Waals surface area contributed by atoms with Gasteiger partial charge in [0, 0.05) is 24.2 Å². The summed E-state index contributed by atoms with van der Waals surface area (Å²) in [6.45, 7) is 3.20. The summed E-state index contributed by atoms with van der Waals surface area (Å²) >= 11 is 4.06. The third-order valence-corrected chi connectivity index (χ3v) is 7.93. The molecule has 1 aliphatic heterocycles. The second kappa shape index (κ2) is 8.30. The van der Waals surface area contributed by atoms with Gasteiger partial charge in [0.05, 0.1) is 16.0 Å². The monoisotopic (exact) mass is 400 g/mol. The molecule has 2 atom stereocenters. The highest BCUT2D eigenvalue weighted by molar-refractivity contribution is 8.19. The fourth-order valence-corrected chi connectivity index (χ4v) is 7.24. The summed E-state index contributed by atoms with van der Waals surface area (Å²) in [5.74, 6) is 1.16. The van der Waals surface area contributed by atoms with Crippen LogP contribution in [0.25, 0.3) is 0 Å². The van der Waals surface area contributed by atoms with Crippen molar-refractivity contribution in [3.05, 3.63) is 54.1 Å². The molecule has 0 spiro atoms. The van der Waals surface area contributed by atoms with Crippen molar-refractivity contribution in [3.63, 3.8) is 0 Å². The van der Waals surface area contributed by atoms with Gasteiger partial charge < -0.3 is 4.57 Å². The Morgan fingerprint density at radius 3 is 2.65 bits per heavy atom. The third kappa shape index (κ3) is 5.22. The maximum Gasteiger partial charge on any atom is 0.416 e. The summed E-state index contributed by atoms with van der Waals surface area (Å²) in [4.78, 5) is 4.15. The van der Waals surface area contributed by atoms with E-state index in [1.165, 1.54) is 18.6 Å². The lowest BCUT2D eigenvalue weighted by molar-refractivity contribution is -0.137. The molecular weight excluding hydrogens is 377 g/mol. The van der Waals surface area contributed by atoms with E-state index >= 15 is 0 Å². The van der Waals surface area contributed by atoms with Crippen LogP contribution < -0.4 is 0 Å². The molecular formula is C19H23F3N2S2. The van der Waals surface area contributed by atoms with Crippen molar-refractivity contribution >= 4 is 23.5 Å². The summed E-state index contributed by atoms with van der Waals surface area (Å²) in [7, 11) is 0. The molecule has 1 saturated heterocycles. The number of benzene rings is 1. The van der Waals surface area contributed by atoms with Gasteiger partial charge in [-0.25, -0.2) is 4.98 Å². The zero-order chi connectivity index (χ0) is 18.6. The van der Waals surface area contributed by atoms with Gasteiger partial charge in [-0.15, -0.1) is 23.5 Å². The molecule has 0 amide bonds. The normalized spacial score (nSPS) is 23.9. The van der Waals surface area contributed by atoms with Crippen molar-refractivity contribution in [2.24, 2.45) is 0 Å². The molecule has 2 heterocycles. The Bertz CT molecular complexity index is 686. The lowest BCUT2D eigenvalue weighted by Crippen LogP contribution is -2.33. The van der Waals surface area contributed by atoms with Crippen LogP contribution in [0.3, 0.4) is 0 Å².